The van der Waals surface area contributed by atoms with Crippen LogP contribution in [-0.2, 0) is 0 Å². The van der Waals surface area contributed by atoms with Crippen LogP contribution in [0.1, 0.15) is 16.7 Å². The van der Waals surface area contributed by atoms with Gasteiger partial charge in [0.2, 0.25) is 0 Å². The quantitative estimate of drug-likeness (QED) is 0.335. The summed E-state index contributed by atoms with van der Waals surface area (Å²) in [5.74, 6) is 5.57. The molecule has 25 heavy (non-hydrogen) atoms. The average Bonchev–Trinajstić information content (AvgIpc) is 2.63. The van der Waals surface area contributed by atoms with Crippen molar-refractivity contribution < 1.29 is 4.39 Å². The Balaban J connectivity index is 1.78. The van der Waals surface area contributed by atoms with Crippen molar-refractivity contribution >= 4 is 11.8 Å². The Labute approximate surface area is 151 Å². The van der Waals surface area contributed by atoms with E-state index in [9.17, 15) is 4.39 Å². The first-order valence-electron chi connectivity index (χ1n) is 7.70. The molecular weight excluding hydrogens is 329 g/mol. The molecular formula is C22H14FNS. The van der Waals surface area contributed by atoms with Crippen LogP contribution < -0.4 is 0 Å². The highest BCUT2D eigenvalue weighted by Gasteiger charge is 2.02. The van der Waals surface area contributed by atoms with Crippen molar-refractivity contribution in [3.8, 4) is 28.4 Å². The summed E-state index contributed by atoms with van der Waals surface area (Å²) in [6.45, 7) is 2.07. The van der Waals surface area contributed by atoms with Crippen LogP contribution in [0.4, 0.5) is 4.39 Å². The van der Waals surface area contributed by atoms with Crippen molar-refractivity contribution in [1.29, 1.82) is 5.26 Å². The lowest BCUT2D eigenvalue weighted by Gasteiger charge is -2.02. The van der Waals surface area contributed by atoms with Gasteiger partial charge in [-0.3, -0.25) is 0 Å². The lowest BCUT2D eigenvalue weighted by Crippen LogP contribution is -1.83. The maximum atomic E-state index is 13.8. The van der Waals surface area contributed by atoms with Crippen LogP contribution in [0.2, 0.25) is 0 Å². The largest absolute Gasteiger partial charge is 0.206 e. The fourth-order valence-corrected chi connectivity index (χ4v) is 2.74. The van der Waals surface area contributed by atoms with Gasteiger partial charge in [0.15, 0.2) is 0 Å². The van der Waals surface area contributed by atoms with Crippen LogP contribution in [0.25, 0.3) is 11.1 Å². The highest BCUT2D eigenvalue weighted by molar-refractivity contribution is 8.03. The molecule has 120 valence electrons. The number of halogens is 1. The Bertz CT molecular complexity index is 987. The van der Waals surface area contributed by atoms with Gasteiger partial charge in [-0.25, -0.2) is 4.39 Å². The molecule has 0 unspecified atom stereocenters. The van der Waals surface area contributed by atoms with Crippen molar-refractivity contribution in [1.82, 2.24) is 0 Å². The SMILES string of the molecule is Cc1ccc(-c2ccc(C#Cc3ccc(SC#N)c(F)c3)cc2)cc1. The van der Waals surface area contributed by atoms with E-state index in [1.807, 2.05) is 29.7 Å². The van der Waals surface area contributed by atoms with E-state index in [0.29, 0.717) is 10.5 Å². The molecule has 0 fully saturated rings. The first kappa shape index (κ1) is 16.8. The summed E-state index contributed by atoms with van der Waals surface area (Å²) in [6, 6.07) is 21.0. The molecule has 0 saturated carbocycles. The highest BCUT2D eigenvalue weighted by Crippen LogP contribution is 2.22. The number of hydrogen-bond donors (Lipinski definition) is 0. The van der Waals surface area contributed by atoms with Crippen molar-refractivity contribution in [2.75, 3.05) is 0 Å². The number of rotatable bonds is 2. The summed E-state index contributed by atoms with van der Waals surface area (Å²) in [5.41, 5.74) is 4.99. The van der Waals surface area contributed by atoms with Gasteiger partial charge in [-0.05, 0) is 60.1 Å². The molecule has 0 spiro atoms. The minimum absolute atomic E-state index is 0.315. The molecule has 1 nitrogen and oxygen atoms in total. The minimum Gasteiger partial charge on any atom is -0.206 e. The van der Waals surface area contributed by atoms with Crippen LogP contribution in [0, 0.1) is 35.2 Å². The van der Waals surface area contributed by atoms with Crippen LogP contribution >= 0.6 is 11.8 Å². The molecule has 3 heteroatoms. The third-order valence-corrected chi connectivity index (χ3v) is 4.35. The van der Waals surface area contributed by atoms with Crippen LogP contribution in [-0.4, -0.2) is 0 Å². The zero-order valence-electron chi connectivity index (χ0n) is 13.6. The Morgan fingerprint density at radius 2 is 1.36 bits per heavy atom. The monoisotopic (exact) mass is 343 g/mol. The van der Waals surface area contributed by atoms with Gasteiger partial charge in [0.05, 0.1) is 4.90 Å². The average molecular weight is 343 g/mol. The second-order valence-electron chi connectivity index (χ2n) is 5.53. The summed E-state index contributed by atoms with van der Waals surface area (Å²) in [7, 11) is 0. The lowest BCUT2D eigenvalue weighted by atomic mass is 10.0. The van der Waals surface area contributed by atoms with Crippen molar-refractivity contribution in [3.63, 3.8) is 0 Å². The molecule has 0 N–H and O–H groups in total. The predicted octanol–water partition coefficient (Wildman–Crippen LogP) is 5.77. The van der Waals surface area contributed by atoms with E-state index in [0.717, 1.165) is 28.5 Å². The Hall–Kier alpha value is -3.01. The van der Waals surface area contributed by atoms with Gasteiger partial charge < -0.3 is 0 Å². The van der Waals surface area contributed by atoms with E-state index in [4.69, 9.17) is 5.26 Å². The van der Waals surface area contributed by atoms with Crippen molar-refractivity contribution in [2.24, 2.45) is 0 Å². The molecule has 3 aromatic rings. The van der Waals surface area contributed by atoms with Crippen LogP contribution in [0.3, 0.4) is 0 Å². The summed E-state index contributed by atoms with van der Waals surface area (Å²) in [4.78, 5) is 0.315. The smallest absolute Gasteiger partial charge is 0.139 e. The molecule has 0 aliphatic rings. The molecule has 0 heterocycles. The normalized spacial score (nSPS) is 9.80. The van der Waals surface area contributed by atoms with Crippen LogP contribution in [0.15, 0.2) is 71.6 Å². The number of aryl methyl sites for hydroxylation is 1. The molecule has 0 aliphatic heterocycles. The maximum Gasteiger partial charge on any atom is 0.139 e. The summed E-state index contributed by atoms with van der Waals surface area (Å²) in [6.07, 6.45) is 0. The standard InChI is InChI=1S/C22H14FNS/c1-16-2-9-19(10-3-16)20-11-6-17(7-12-20)4-5-18-8-13-22(25-15-24)21(23)14-18/h2-3,6-14H,1H3. The maximum absolute atomic E-state index is 13.8. The first-order chi connectivity index (χ1) is 12.2. The van der Waals surface area contributed by atoms with Gasteiger partial charge in [0.1, 0.15) is 11.2 Å². The number of thiocyanates is 1. The van der Waals surface area contributed by atoms with Crippen molar-refractivity contribution in [3.05, 3.63) is 89.2 Å². The zero-order chi connectivity index (χ0) is 17.6. The zero-order valence-corrected chi connectivity index (χ0v) is 14.4. The summed E-state index contributed by atoms with van der Waals surface area (Å²) >= 11 is 0.808. The topological polar surface area (TPSA) is 23.8 Å². The fraction of sp³-hybridized carbons (Fsp3) is 0.0455. The number of nitrogens with zero attached hydrogens (tertiary/aromatic N) is 1. The Morgan fingerprint density at radius 1 is 0.800 bits per heavy atom. The lowest BCUT2D eigenvalue weighted by molar-refractivity contribution is 0.602. The fourth-order valence-electron chi connectivity index (χ4n) is 2.35. The van der Waals surface area contributed by atoms with Gasteiger partial charge in [0.25, 0.3) is 0 Å². The van der Waals surface area contributed by atoms with E-state index >= 15 is 0 Å². The number of hydrogen-bond acceptors (Lipinski definition) is 2. The molecule has 0 aromatic heterocycles. The Kier molecular flexibility index (Phi) is 5.19. The van der Waals surface area contributed by atoms with Crippen molar-refractivity contribution in [2.45, 2.75) is 11.8 Å². The number of nitriles is 1. The molecule has 0 saturated heterocycles. The van der Waals surface area contributed by atoms with Gasteiger partial charge in [-0.1, -0.05) is 53.8 Å². The summed E-state index contributed by atoms with van der Waals surface area (Å²) in [5, 5.41) is 10.5. The summed E-state index contributed by atoms with van der Waals surface area (Å²) < 4.78 is 13.8. The van der Waals surface area contributed by atoms with E-state index < -0.39 is 5.82 Å². The molecule has 0 amide bonds. The highest BCUT2D eigenvalue weighted by atomic mass is 32.2. The molecule has 0 radical (unpaired) electrons. The second-order valence-corrected chi connectivity index (χ2v) is 6.36. The Morgan fingerprint density at radius 3 is 1.96 bits per heavy atom. The van der Waals surface area contributed by atoms with E-state index in [1.54, 1.807) is 12.1 Å². The first-order valence-corrected chi connectivity index (χ1v) is 8.52. The molecule has 3 aromatic carbocycles. The van der Waals surface area contributed by atoms with Gasteiger partial charge >= 0.3 is 0 Å². The third kappa shape index (κ3) is 4.29. The third-order valence-electron chi connectivity index (χ3n) is 3.71. The van der Waals surface area contributed by atoms with E-state index in [-0.39, 0.29) is 0 Å². The van der Waals surface area contributed by atoms with E-state index in [2.05, 4.69) is 43.0 Å². The predicted molar refractivity (Wildman–Crippen MR) is 100 cm³/mol. The number of benzene rings is 3. The second kappa shape index (κ2) is 7.71. The van der Waals surface area contributed by atoms with Crippen LogP contribution in [0.5, 0.6) is 0 Å². The minimum atomic E-state index is -0.423. The van der Waals surface area contributed by atoms with Gasteiger partial charge in [0, 0.05) is 11.1 Å². The van der Waals surface area contributed by atoms with Gasteiger partial charge in [-0.2, -0.15) is 5.26 Å². The van der Waals surface area contributed by atoms with Gasteiger partial charge in [-0.15, -0.1) is 0 Å². The molecule has 0 bridgehead atoms. The van der Waals surface area contributed by atoms with E-state index in [1.165, 1.54) is 11.6 Å². The molecule has 0 atom stereocenters. The molecule has 0 aliphatic carbocycles. The molecule has 3 rings (SSSR count). The number of thioether (sulfide) groups is 1.